The number of imidazole rings is 1. The molecular formula is C27H28N10O. The molecule has 3 N–H and O–H groups in total. The molecule has 1 saturated heterocycles. The Morgan fingerprint density at radius 1 is 1.08 bits per heavy atom. The van der Waals surface area contributed by atoms with E-state index in [1.807, 2.05) is 24.4 Å². The number of H-pyrrole nitrogens is 2. The topological polar surface area (TPSA) is 132 Å². The molecular weight excluding hydrogens is 480 g/mol. The molecule has 0 radical (unpaired) electrons. The van der Waals surface area contributed by atoms with Crippen LogP contribution >= 0.6 is 0 Å². The van der Waals surface area contributed by atoms with Crippen molar-refractivity contribution >= 4 is 39.3 Å². The number of nitrogens with one attached hydrogen (secondary N) is 3. The number of pyridine rings is 3. The molecule has 1 aliphatic carbocycles. The second-order valence-corrected chi connectivity index (χ2v) is 10.2. The van der Waals surface area contributed by atoms with E-state index in [0.717, 1.165) is 78.8 Å². The van der Waals surface area contributed by atoms with Crippen molar-refractivity contribution in [2.24, 2.45) is 5.92 Å². The number of nitrogens with zero attached hydrogens (tertiary/aromatic N) is 7. The van der Waals surface area contributed by atoms with Gasteiger partial charge in [0.25, 0.3) is 0 Å². The van der Waals surface area contributed by atoms with Crippen molar-refractivity contribution in [1.82, 2.24) is 40.0 Å². The van der Waals surface area contributed by atoms with Crippen LogP contribution in [0.2, 0.25) is 0 Å². The molecule has 5 aromatic heterocycles. The molecule has 192 valence electrons. The van der Waals surface area contributed by atoms with Gasteiger partial charge >= 0.3 is 0 Å². The first-order valence-electron chi connectivity index (χ1n) is 13.0. The highest BCUT2D eigenvalue weighted by molar-refractivity contribution is 5.96. The van der Waals surface area contributed by atoms with E-state index in [0.29, 0.717) is 22.9 Å². The Kier molecular flexibility index (Phi) is 5.50. The van der Waals surface area contributed by atoms with E-state index in [-0.39, 0.29) is 11.8 Å². The van der Waals surface area contributed by atoms with Crippen molar-refractivity contribution in [3.05, 3.63) is 43.0 Å². The number of carbonyl (C=O) groups excluding carboxylic acids is 1. The monoisotopic (exact) mass is 508 g/mol. The number of aromatic nitrogens is 7. The molecule has 2 aliphatic rings. The molecule has 7 rings (SSSR count). The largest absolute Gasteiger partial charge is 0.367 e. The number of aromatic amines is 2. The maximum Gasteiger partial charge on any atom is 0.227 e. The standard InChI is InChI=1S/C27H28N10O/c1-36-7-9-37(10-8-36)22-5-6-29-25-24(22)32-26(33-25)23-19-12-20(30-15-21(19)34-35-23)17-11-18(14-28-13-17)31-27(38)16-3-2-4-16/h5-6,11-16H,2-4,7-10H2,1H3,(H,31,38)(H,34,35)(H,29,32,33). The van der Waals surface area contributed by atoms with Crippen LogP contribution in [-0.4, -0.2) is 79.2 Å². The Bertz CT molecular complexity index is 1640. The zero-order chi connectivity index (χ0) is 25.6. The third-order valence-electron chi connectivity index (χ3n) is 7.66. The van der Waals surface area contributed by atoms with E-state index in [4.69, 9.17) is 4.98 Å². The maximum absolute atomic E-state index is 12.4. The van der Waals surface area contributed by atoms with Gasteiger partial charge in [0.15, 0.2) is 11.5 Å². The fourth-order valence-electron chi connectivity index (χ4n) is 5.14. The van der Waals surface area contributed by atoms with Gasteiger partial charge < -0.3 is 20.1 Å². The summed E-state index contributed by atoms with van der Waals surface area (Å²) in [7, 11) is 2.15. The summed E-state index contributed by atoms with van der Waals surface area (Å²) in [4.78, 5) is 38.9. The van der Waals surface area contributed by atoms with Gasteiger partial charge in [-0.2, -0.15) is 5.10 Å². The SMILES string of the molecule is CN1CCN(c2ccnc3nc(-c4n[nH]c5cnc(-c6cncc(NC(=O)C7CCC7)c6)cc45)[nH]c23)CC1. The lowest BCUT2D eigenvalue weighted by Gasteiger charge is -2.34. The number of amides is 1. The Labute approximate surface area is 218 Å². The van der Waals surface area contributed by atoms with E-state index in [9.17, 15) is 4.79 Å². The minimum absolute atomic E-state index is 0.0603. The molecule has 1 saturated carbocycles. The average Bonchev–Trinajstić information content (AvgIpc) is 3.52. The van der Waals surface area contributed by atoms with Gasteiger partial charge in [0.2, 0.25) is 5.91 Å². The van der Waals surface area contributed by atoms with E-state index in [2.05, 4.69) is 52.3 Å². The van der Waals surface area contributed by atoms with Crippen LogP contribution < -0.4 is 10.2 Å². The molecule has 11 nitrogen and oxygen atoms in total. The number of carbonyl (C=O) groups is 1. The number of likely N-dealkylation sites (N-methyl/N-ethyl adjacent to an activating group) is 1. The third-order valence-corrected chi connectivity index (χ3v) is 7.66. The average molecular weight is 509 g/mol. The lowest BCUT2D eigenvalue weighted by molar-refractivity contribution is -0.122. The first-order chi connectivity index (χ1) is 18.6. The van der Waals surface area contributed by atoms with Gasteiger partial charge in [-0.05, 0) is 38.1 Å². The number of hydrogen-bond acceptors (Lipinski definition) is 8. The number of anilines is 2. The Hall–Kier alpha value is -4.38. The number of fused-ring (bicyclic) bond motifs is 2. The highest BCUT2D eigenvalue weighted by Gasteiger charge is 2.25. The van der Waals surface area contributed by atoms with Crippen LogP contribution in [-0.2, 0) is 4.79 Å². The molecule has 0 atom stereocenters. The quantitative estimate of drug-likeness (QED) is 0.329. The highest BCUT2D eigenvalue weighted by Crippen LogP contribution is 2.32. The van der Waals surface area contributed by atoms with Crippen LogP contribution in [0.15, 0.2) is 43.0 Å². The lowest BCUT2D eigenvalue weighted by atomic mass is 9.85. The van der Waals surface area contributed by atoms with Crippen LogP contribution in [0.1, 0.15) is 19.3 Å². The third kappa shape index (κ3) is 4.04. The number of piperazine rings is 1. The zero-order valence-corrected chi connectivity index (χ0v) is 21.1. The zero-order valence-electron chi connectivity index (χ0n) is 21.1. The van der Waals surface area contributed by atoms with E-state index in [1.165, 1.54) is 0 Å². The normalized spacial score (nSPS) is 16.7. The summed E-state index contributed by atoms with van der Waals surface area (Å²) in [6.07, 6.45) is 10.0. The van der Waals surface area contributed by atoms with Crippen LogP contribution in [0.3, 0.4) is 0 Å². The second-order valence-electron chi connectivity index (χ2n) is 10.2. The summed E-state index contributed by atoms with van der Waals surface area (Å²) < 4.78 is 0. The van der Waals surface area contributed by atoms with E-state index >= 15 is 0 Å². The van der Waals surface area contributed by atoms with Gasteiger partial charge in [-0.3, -0.25) is 19.9 Å². The van der Waals surface area contributed by atoms with Gasteiger partial charge in [-0.25, -0.2) is 9.97 Å². The van der Waals surface area contributed by atoms with Gasteiger partial charge in [-0.1, -0.05) is 6.42 Å². The van der Waals surface area contributed by atoms with Crippen molar-refractivity contribution in [3.8, 4) is 22.8 Å². The van der Waals surface area contributed by atoms with Gasteiger partial charge in [0.05, 0.1) is 35.0 Å². The minimum atomic E-state index is 0.0603. The van der Waals surface area contributed by atoms with Crippen LogP contribution in [0.25, 0.3) is 44.8 Å². The first kappa shape index (κ1) is 22.8. The molecule has 6 heterocycles. The Morgan fingerprint density at radius 3 is 2.76 bits per heavy atom. The maximum atomic E-state index is 12.4. The smallest absolute Gasteiger partial charge is 0.227 e. The summed E-state index contributed by atoms with van der Waals surface area (Å²) in [5, 5.41) is 11.5. The first-order valence-corrected chi connectivity index (χ1v) is 13.0. The second kappa shape index (κ2) is 9.18. The molecule has 5 aromatic rings. The Balaban J connectivity index is 1.22. The molecule has 1 amide bonds. The molecule has 2 fully saturated rings. The molecule has 0 bridgehead atoms. The number of rotatable bonds is 5. The van der Waals surface area contributed by atoms with Gasteiger partial charge in [-0.15, -0.1) is 0 Å². The van der Waals surface area contributed by atoms with Crippen LogP contribution in [0, 0.1) is 5.92 Å². The summed E-state index contributed by atoms with van der Waals surface area (Å²) in [5.41, 5.74) is 6.42. The van der Waals surface area contributed by atoms with Gasteiger partial charge in [0, 0.05) is 55.4 Å². The van der Waals surface area contributed by atoms with Crippen molar-refractivity contribution in [3.63, 3.8) is 0 Å². The van der Waals surface area contributed by atoms with Gasteiger partial charge in [0.1, 0.15) is 11.2 Å². The molecule has 38 heavy (non-hydrogen) atoms. The van der Waals surface area contributed by atoms with Crippen molar-refractivity contribution < 1.29 is 4.79 Å². The summed E-state index contributed by atoms with van der Waals surface area (Å²) >= 11 is 0. The van der Waals surface area contributed by atoms with E-state index < -0.39 is 0 Å². The predicted molar refractivity (Wildman–Crippen MR) is 146 cm³/mol. The van der Waals surface area contributed by atoms with Crippen molar-refractivity contribution in [1.29, 1.82) is 0 Å². The molecule has 1 aliphatic heterocycles. The fraction of sp³-hybridized carbons (Fsp3) is 0.333. The Morgan fingerprint density at radius 2 is 1.95 bits per heavy atom. The minimum Gasteiger partial charge on any atom is -0.367 e. The van der Waals surface area contributed by atoms with Crippen molar-refractivity contribution in [2.45, 2.75) is 19.3 Å². The van der Waals surface area contributed by atoms with Crippen LogP contribution in [0.5, 0.6) is 0 Å². The number of hydrogen-bond donors (Lipinski definition) is 3. The van der Waals surface area contributed by atoms with Crippen LogP contribution in [0.4, 0.5) is 11.4 Å². The van der Waals surface area contributed by atoms with E-state index in [1.54, 1.807) is 18.6 Å². The highest BCUT2D eigenvalue weighted by atomic mass is 16.1. The molecule has 0 unspecified atom stereocenters. The van der Waals surface area contributed by atoms with Crippen molar-refractivity contribution in [2.75, 3.05) is 43.4 Å². The fourth-order valence-corrected chi connectivity index (χ4v) is 5.14. The summed E-state index contributed by atoms with van der Waals surface area (Å²) in [6.45, 7) is 3.95. The molecule has 0 aromatic carbocycles. The lowest BCUT2D eigenvalue weighted by Crippen LogP contribution is -2.44. The predicted octanol–water partition coefficient (Wildman–Crippen LogP) is 3.45. The molecule has 11 heteroatoms. The summed E-state index contributed by atoms with van der Waals surface area (Å²) in [6, 6.07) is 5.93. The molecule has 0 spiro atoms. The summed E-state index contributed by atoms with van der Waals surface area (Å²) in [5.74, 6) is 0.818.